The molecule has 0 aromatic rings. The van der Waals surface area contributed by atoms with Crippen molar-refractivity contribution in [1.29, 1.82) is 0 Å². The summed E-state index contributed by atoms with van der Waals surface area (Å²) in [7, 11) is 0. The summed E-state index contributed by atoms with van der Waals surface area (Å²) in [5.74, 6) is 0. The van der Waals surface area contributed by atoms with E-state index in [4.69, 9.17) is 0 Å². The number of rotatable bonds is 3. The Balaban J connectivity index is 1.79. The second-order valence-corrected chi connectivity index (χ2v) is 5.22. The maximum atomic E-state index is 11.8. The van der Waals surface area contributed by atoms with Crippen LogP contribution in [-0.2, 0) is 0 Å². The third kappa shape index (κ3) is 2.48. The second-order valence-electron chi connectivity index (χ2n) is 5.22. The number of amides is 2. The monoisotopic (exact) mass is 226 g/mol. The smallest absolute Gasteiger partial charge is 0.317 e. The van der Waals surface area contributed by atoms with Gasteiger partial charge in [0.25, 0.3) is 0 Å². The molecule has 1 saturated heterocycles. The van der Waals surface area contributed by atoms with Gasteiger partial charge >= 0.3 is 6.03 Å². The molecule has 0 unspecified atom stereocenters. The van der Waals surface area contributed by atoms with Crippen LogP contribution in [0.2, 0.25) is 0 Å². The van der Waals surface area contributed by atoms with Crippen molar-refractivity contribution in [2.75, 3.05) is 26.2 Å². The van der Waals surface area contributed by atoms with Crippen molar-refractivity contribution < 1.29 is 9.90 Å². The molecule has 2 N–H and O–H groups in total. The summed E-state index contributed by atoms with van der Waals surface area (Å²) < 4.78 is 0. The third-order valence-electron chi connectivity index (χ3n) is 4.01. The van der Waals surface area contributed by atoms with Crippen LogP contribution >= 0.6 is 0 Å². The standard InChI is InChI=1S/C12H22N2O2/c15-10-12(5-1-2-6-12)9-13-11(16)14-7-3-4-8-14/h15H,1-10H2,(H,13,16). The predicted octanol–water partition coefficient (Wildman–Crippen LogP) is 1.34. The van der Waals surface area contributed by atoms with E-state index in [1.807, 2.05) is 4.90 Å². The van der Waals surface area contributed by atoms with E-state index in [0.29, 0.717) is 6.54 Å². The molecule has 1 aliphatic carbocycles. The number of likely N-dealkylation sites (tertiary alicyclic amines) is 1. The van der Waals surface area contributed by atoms with Crippen LogP contribution in [0.4, 0.5) is 4.79 Å². The highest BCUT2D eigenvalue weighted by Crippen LogP contribution is 2.36. The Hall–Kier alpha value is -0.770. The number of nitrogens with zero attached hydrogens (tertiary/aromatic N) is 1. The Labute approximate surface area is 97.0 Å². The molecule has 2 fully saturated rings. The molecule has 0 aromatic carbocycles. The maximum Gasteiger partial charge on any atom is 0.317 e. The summed E-state index contributed by atoms with van der Waals surface area (Å²) in [5.41, 5.74) is -0.0324. The minimum Gasteiger partial charge on any atom is -0.396 e. The zero-order chi connectivity index (χ0) is 11.4. The molecular weight excluding hydrogens is 204 g/mol. The van der Waals surface area contributed by atoms with Crippen molar-refractivity contribution in [2.45, 2.75) is 38.5 Å². The average Bonchev–Trinajstić information content (AvgIpc) is 2.98. The van der Waals surface area contributed by atoms with E-state index in [9.17, 15) is 9.90 Å². The molecule has 1 saturated carbocycles. The number of hydrogen-bond donors (Lipinski definition) is 2. The molecule has 1 heterocycles. The summed E-state index contributed by atoms with van der Waals surface area (Å²) in [6, 6.07) is 0.0530. The van der Waals surface area contributed by atoms with Crippen LogP contribution in [0, 0.1) is 5.41 Å². The number of aliphatic hydroxyl groups excluding tert-OH is 1. The Morgan fingerprint density at radius 1 is 1.19 bits per heavy atom. The van der Waals surface area contributed by atoms with Crippen molar-refractivity contribution in [2.24, 2.45) is 5.41 Å². The summed E-state index contributed by atoms with van der Waals surface area (Å²) in [6.07, 6.45) is 6.70. The lowest BCUT2D eigenvalue weighted by Crippen LogP contribution is -2.44. The van der Waals surface area contributed by atoms with Crippen molar-refractivity contribution >= 4 is 6.03 Å². The number of aliphatic hydroxyl groups is 1. The van der Waals surface area contributed by atoms with Gasteiger partial charge in [0.2, 0.25) is 0 Å². The van der Waals surface area contributed by atoms with E-state index in [1.165, 1.54) is 12.8 Å². The zero-order valence-electron chi connectivity index (χ0n) is 9.87. The van der Waals surface area contributed by atoms with E-state index in [-0.39, 0.29) is 18.1 Å². The van der Waals surface area contributed by atoms with Crippen LogP contribution in [0.5, 0.6) is 0 Å². The normalized spacial score (nSPS) is 23.7. The molecule has 2 aliphatic rings. The molecule has 4 nitrogen and oxygen atoms in total. The molecule has 92 valence electrons. The number of urea groups is 1. The fourth-order valence-corrected chi connectivity index (χ4v) is 2.81. The fraction of sp³-hybridized carbons (Fsp3) is 0.917. The number of carbonyl (C=O) groups excluding carboxylic acids is 1. The Morgan fingerprint density at radius 2 is 1.81 bits per heavy atom. The Morgan fingerprint density at radius 3 is 2.38 bits per heavy atom. The second kappa shape index (κ2) is 5.04. The highest BCUT2D eigenvalue weighted by Gasteiger charge is 2.34. The summed E-state index contributed by atoms with van der Waals surface area (Å²) >= 11 is 0. The van der Waals surface area contributed by atoms with Gasteiger partial charge in [-0.15, -0.1) is 0 Å². The third-order valence-corrected chi connectivity index (χ3v) is 4.01. The lowest BCUT2D eigenvalue weighted by molar-refractivity contribution is 0.126. The quantitative estimate of drug-likeness (QED) is 0.763. The van der Waals surface area contributed by atoms with Crippen LogP contribution in [-0.4, -0.2) is 42.3 Å². The lowest BCUT2D eigenvalue weighted by Gasteiger charge is -2.28. The Bertz CT molecular complexity index is 243. The molecule has 0 aromatic heterocycles. The van der Waals surface area contributed by atoms with Gasteiger partial charge in [-0.3, -0.25) is 0 Å². The molecule has 0 atom stereocenters. The van der Waals surface area contributed by atoms with E-state index < -0.39 is 0 Å². The minimum absolute atomic E-state index is 0.0324. The molecular formula is C12H22N2O2. The van der Waals surface area contributed by atoms with Gasteiger partial charge in [0.05, 0.1) is 6.61 Å². The van der Waals surface area contributed by atoms with E-state index >= 15 is 0 Å². The van der Waals surface area contributed by atoms with Crippen LogP contribution in [0.15, 0.2) is 0 Å². The molecule has 4 heteroatoms. The molecule has 2 amide bonds. The molecule has 0 spiro atoms. The van der Waals surface area contributed by atoms with Crippen molar-refractivity contribution in [3.8, 4) is 0 Å². The van der Waals surface area contributed by atoms with Gasteiger partial charge in [0, 0.05) is 25.0 Å². The molecule has 1 aliphatic heterocycles. The van der Waals surface area contributed by atoms with Gasteiger partial charge in [0.1, 0.15) is 0 Å². The highest BCUT2D eigenvalue weighted by atomic mass is 16.3. The van der Waals surface area contributed by atoms with Gasteiger partial charge in [-0.25, -0.2) is 4.79 Å². The van der Waals surface area contributed by atoms with Crippen LogP contribution < -0.4 is 5.32 Å². The van der Waals surface area contributed by atoms with Gasteiger partial charge < -0.3 is 15.3 Å². The van der Waals surface area contributed by atoms with Gasteiger partial charge in [-0.1, -0.05) is 12.8 Å². The first kappa shape index (κ1) is 11.7. The Kier molecular flexibility index (Phi) is 3.69. The van der Waals surface area contributed by atoms with Gasteiger partial charge in [-0.05, 0) is 25.7 Å². The molecule has 0 radical (unpaired) electrons. The fourth-order valence-electron chi connectivity index (χ4n) is 2.81. The first-order chi connectivity index (χ1) is 7.76. The molecule has 0 bridgehead atoms. The minimum atomic E-state index is -0.0324. The van der Waals surface area contributed by atoms with Crippen molar-refractivity contribution in [1.82, 2.24) is 10.2 Å². The summed E-state index contributed by atoms with van der Waals surface area (Å²) in [5, 5.41) is 12.4. The number of hydrogen-bond acceptors (Lipinski definition) is 2. The van der Waals surface area contributed by atoms with E-state index in [0.717, 1.165) is 38.8 Å². The molecule has 16 heavy (non-hydrogen) atoms. The van der Waals surface area contributed by atoms with Crippen LogP contribution in [0.25, 0.3) is 0 Å². The number of nitrogens with one attached hydrogen (secondary N) is 1. The average molecular weight is 226 g/mol. The topological polar surface area (TPSA) is 52.6 Å². The van der Waals surface area contributed by atoms with Gasteiger partial charge in [-0.2, -0.15) is 0 Å². The number of carbonyl (C=O) groups is 1. The van der Waals surface area contributed by atoms with E-state index in [1.54, 1.807) is 0 Å². The van der Waals surface area contributed by atoms with E-state index in [2.05, 4.69) is 5.32 Å². The molecule has 2 rings (SSSR count). The van der Waals surface area contributed by atoms with Crippen molar-refractivity contribution in [3.05, 3.63) is 0 Å². The summed E-state index contributed by atoms with van der Waals surface area (Å²) in [6.45, 7) is 2.61. The zero-order valence-corrected chi connectivity index (χ0v) is 9.87. The SMILES string of the molecule is O=C(NCC1(CO)CCCC1)N1CCCC1. The summed E-state index contributed by atoms with van der Waals surface area (Å²) in [4.78, 5) is 13.7. The first-order valence-corrected chi connectivity index (χ1v) is 6.39. The van der Waals surface area contributed by atoms with Crippen LogP contribution in [0.3, 0.4) is 0 Å². The van der Waals surface area contributed by atoms with Gasteiger partial charge in [0.15, 0.2) is 0 Å². The van der Waals surface area contributed by atoms with Crippen molar-refractivity contribution in [3.63, 3.8) is 0 Å². The predicted molar refractivity (Wildman–Crippen MR) is 62.2 cm³/mol. The highest BCUT2D eigenvalue weighted by molar-refractivity contribution is 5.74. The van der Waals surface area contributed by atoms with Crippen LogP contribution in [0.1, 0.15) is 38.5 Å². The maximum absolute atomic E-state index is 11.8. The first-order valence-electron chi connectivity index (χ1n) is 6.39. The lowest BCUT2D eigenvalue weighted by atomic mass is 9.87. The largest absolute Gasteiger partial charge is 0.396 e.